The zero-order chi connectivity index (χ0) is 28.8. The smallest absolute Gasteiger partial charge is 0.261 e. The van der Waals surface area contributed by atoms with E-state index >= 15 is 0 Å². The molecule has 1 N–H and O–H groups in total. The van der Waals surface area contributed by atoms with Crippen molar-refractivity contribution in [2.75, 3.05) is 6.54 Å². The molecule has 3 aromatic rings. The molecule has 40 heavy (non-hydrogen) atoms. The Kier molecular flexibility index (Phi) is 9.61. The van der Waals surface area contributed by atoms with Crippen LogP contribution in [-0.4, -0.2) is 52.1 Å². The zero-order valence-corrected chi connectivity index (χ0v) is 23.9. The van der Waals surface area contributed by atoms with Gasteiger partial charge in [-0.1, -0.05) is 71.7 Å². The van der Waals surface area contributed by atoms with Gasteiger partial charge in [0.15, 0.2) is 0 Å². The lowest BCUT2D eigenvalue weighted by atomic mass is 10.0. The largest absolute Gasteiger partial charge is 0.352 e. The minimum Gasteiger partial charge on any atom is -0.352 e. The molecule has 1 heterocycles. The maximum atomic E-state index is 13.8. The van der Waals surface area contributed by atoms with Crippen LogP contribution in [0, 0.1) is 0 Å². The highest BCUT2D eigenvalue weighted by molar-refractivity contribution is 6.42. The van der Waals surface area contributed by atoms with Crippen LogP contribution in [0.15, 0.2) is 72.8 Å². The summed E-state index contributed by atoms with van der Waals surface area (Å²) in [6, 6.07) is 20.4. The van der Waals surface area contributed by atoms with Crippen LogP contribution < -0.4 is 5.32 Å². The Morgan fingerprint density at radius 3 is 2.08 bits per heavy atom. The molecule has 208 valence electrons. The molecule has 0 bridgehead atoms. The minimum absolute atomic E-state index is 0.0367. The van der Waals surface area contributed by atoms with Crippen molar-refractivity contribution < 1.29 is 19.2 Å². The van der Waals surface area contributed by atoms with E-state index in [4.69, 9.17) is 23.2 Å². The first-order valence-electron chi connectivity index (χ1n) is 13.2. The van der Waals surface area contributed by atoms with E-state index in [1.165, 1.54) is 4.90 Å². The van der Waals surface area contributed by atoms with E-state index in [0.717, 1.165) is 11.1 Å². The molecule has 7 nitrogen and oxygen atoms in total. The number of fused-ring (bicyclic) bond motifs is 1. The molecule has 0 aliphatic carbocycles. The Labute approximate surface area is 244 Å². The molecule has 0 saturated heterocycles. The number of imide groups is 1. The van der Waals surface area contributed by atoms with Gasteiger partial charge in [-0.15, -0.1) is 0 Å². The van der Waals surface area contributed by atoms with E-state index < -0.39 is 6.04 Å². The highest BCUT2D eigenvalue weighted by atomic mass is 35.5. The molecule has 0 saturated carbocycles. The van der Waals surface area contributed by atoms with Crippen molar-refractivity contribution in [3.8, 4) is 0 Å². The average molecular weight is 581 g/mol. The minimum atomic E-state index is -0.800. The summed E-state index contributed by atoms with van der Waals surface area (Å²) in [6.45, 7) is 3.96. The molecule has 1 aliphatic rings. The van der Waals surface area contributed by atoms with Crippen molar-refractivity contribution in [2.45, 2.75) is 51.7 Å². The first-order valence-corrected chi connectivity index (χ1v) is 13.9. The van der Waals surface area contributed by atoms with E-state index in [1.54, 1.807) is 47.4 Å². The summed E-state index contributed by atoms with van der Waals surface area (Å²) < 4.78 is 0. The zero-order valence-electron chi connectivity index (χ0n) is 22.4. The van der Waals surface area contributed by atoms with E-state index in [2.05, 4.69) is 5.32 Å². The van der Waals surface area contributed by atoms with Gasteiger partial charge in [0.2, 0.25) is 11.8 Å². The summed E-state index contributed by atoms with van der Waals surface area (Å²) in [5, 5.41) is 3.69. The van der Waals surface area contributed by atoms with E-state index in [9.17, 15) is 19.2 Å². The third kappa shape index (κ3) is 6.90. The Bertz CT molecular complexity index is 1380. The van der Waals surface area contributed by atoms with Crippen molar-refractivity contribution in [3.05, 3.63) is 105 Å². The molecule has 4 rings (SSSR count). The Morgan fingerprint density at radius 2 is 1.48 bits per heavy atom. The molecule has 1 atom stereocenters. The topological polar surface area (TPSA) is 86.8 Å². The Balaban J connectivity index is 1.56. The quantitative estimate of drug-likeness (QED) is 0.302. The van der Waals surface area contributed by atoms with Crippen LogP contribution in [0.3, 0.4) is 0 Å². The van der Waals surface area contributed by atoms with Crippen molar-refractivity contribution in [1.29, 1.82) is 0 Å². The molecule has 0 radical (unpaired) electrons. The highest BCUT2D eigenvalue weighted by Crippen LogP contribution is 2.26. The summed E-state index contributed by atoms with van der Waals surface area (Å²) in [4.78, 5) is 55.5. The summed E-state index contributed by atoms with van der Waals surface area (Å²) >= 11 is 12.4. The molecule has 9 heteroatoms. The predicted molar refractivity (Wildman–Crippen MR) is 155 cm³/mol. The molecule has 1 unspecified atom stereocenters. The van der Waals surface area contributed by atoms with Crippen LogP contribution in [0.4, 0.5) is 0 Å². The van der Waals surface area contributed by atoms with Crippen LogP contribution >= 0.6 is 23.2 Å². The molecule has 0 spiro atoms. The van der Waals surface area contributed by atoms with Gasteiger partial charge in [0.1, 0.15) is 6.04 Å². The first-order chi connectivity index (χ1) is 19.2. The normalized spacial score (nSPS) is 13.4. The summed E-state index contributed by atoms with van der Waals surface area (Å²) in [6.07, 6.45) is 0.603. The number of nitrogens with one attached hydrogen (secondary N) is 1. The number of carbonyl (C=O) groups is 4. The third-order valence-electron chi connectivity index (χ3n) is 6.69. The second kappa shape index (κ2) is 13.1. The third-order valence-corrected chi connectivity index (χ3v) is 7.43. The number of halogens is 2. The van der Waals surface area contributed by atoms with Crippen LogP contribution in [0.2, 0.25) is 10.0 Å². The Morgan fingerprint density at radius 1 is 0.850 bits per heavy atom. The first kappa shape index (κ1) is 29.3. The van der Waals surface area contributed by atoms with Gasteiger partial charge in [0.05, 0.1) is 21.2 Å². The van der Waals surface area contributed by atoms with E-state index in [0.29, 0.717) is 27.6 Å². The summed E-state index contributed by atoms with van der Waals surface area (Å²) in [5.74, 6) is -1.27. The lowest BCUT2D eigenvalue weighted by molar-refractivity contribution is -0.141. The van der Waals surface area contributed by atoms with Gasteiger partial charge in [0.25, 0.3) is 11.8 Å². The van der Waals surface area contributed by atoms with Gasteiger partial charge in [-0.25, -0.2) is 0 Å². The lowest BCUT2D eigenvalue weighted by Crippen LogP contribution is -2.51. The van der Waals surface area contributed by atoms with E-state index in [-0.39, 0.29) is 55.6 Å². The number of hydrogen-bond acceptors (Lipinski definition) is 4. The van der Waals surface area contributed by atoms with E-state index in [1.807, 2.05) is 44.2 Å². The maximum absolute atomic E-state index is 13.8. The fourth-order valence-corrected chi connectivity index (χ4v) is 5.06. The number of amides is 4. The van der Waals surface area contributed by atoms with Crippen LogP contribution in [0.1, 0.15) is 58.5 Å². The van der Waals surface area contributed by atoms with Crippen LogP contribution in [0.5, 0.6) is 0 Å². The monoisotopic (exact) mass is 579 g/mol. The van der Waals surface area contributed by atoms with Gasteiger partial charge < -0.3 is 10.2 Å². The van der Waals surface area contributed by atoms with Gasteiger partial charge in [-0.2, -0.15) is 0 Å². The second-order valence-corrected chi connectivity index (χ2v) is 10.9. The van der Waals surface area contributed by atoms with Gasteiger partial charge in [-0.05, 0) is 55.7 Å². The molecule has 3 aromatic carbocycles. The van der Waals surface area contributed by atoms with Crippen molar-refractivity contribution in [3.63, 3.8) is 0 Å². The second-order valence-electron chi connectivity index (χ2n) is 10.0. The van der Waals surface area contributed by atoms with Gasteiger partial charge in [-0.3, -0.25) is 24.1 Å². The fourth-order valence-electron chi connectivity index (χ4n) is 4.74. The van der Waals surface area contributed by atoms with Crippen LogP contribution in [0.25, 0.3) is 0 Å². The van der Waals surface area contributed by atoms with Gasteiger partial charge in [0, 0.05) is 32.0 Å². The molecule has 0 aromatic heterocycles. The number of hydrogen-bond donors (Lipinski definition) is 1. The van der Waals surface area contributed by atoms with Crippen molar-refractivity contribution >= 4 is 46.8 Å². The molecular formula is C31H31Cl2N3O4. The molecule has 1 aliphatic heterocycles. The summed E-state index contributed by atoms with van der Waals surface area (Å²) in [5.41, 5.74) is 2.37. The van der Waals surface area contributed by atoms with Crippen LogP contribution in [-0.2, 0) is 22.6 Å². The maximum Gasteiger partial charge on any atom is 0.261 e. The molecular weight excluding hydrogens is 549 g/mol. The predicted octanol–water partition coefficient (Wildman–Crippen LogP) is 5.53. The number of rotatable bonds is 11. The standard InChI is InChI=1S/C31H31Cl2N3O4/c1-20(2)34-29(38)27(18-21-9-4-3-5-10-21)36(19-22-14-15-25(32)26(33)17-22)28(37)13-8-16-35-30(39)23-11-6-7-12-24(23)31(35)40/h3-7,9-12,14-15,17,20,27H,8,13,16,18-19H2,1-2H3,(H,34,38). The SMILES string of the molecule is CC(C)NC(=O)C(Cc1ccccc1)N(Cc1ccc(Cl)c(Cl)c1)C(=O)CCCN1C(=O)c2ccccc2C1=O. The fraction of sp³-hybridized carbons (Fsp3) is 0.290. The van der Waals surface area contributed by atoms with Crippen molar-refractivity contribution in [2.24, 2.45) is 0 Å². The highest BCUT2D eigenvalue weighted by Gasteiger charge is 2.35. The number of nitrogens with zero attached hydrogens (tertiary/aromatic N) is 2. The number of carbonyl (C=O) groups excluding carboxylic acids is 4. The molecule has 4 amide bonds. The summed E-state index contributed by atoms with van der Waals surface area (Å²) in [7, 11) is 0. The van der Waals surface area contributed by atoms with Crippen molar-refractivity contribution in [1.82, 2.24) is 15.1 Å². The molecule has 0 fully saturated rings. The lowest BCUT2D eigenvalue weighted by Gasteiger charge is -2.32. The number of benzene rings is 3. The Hall–Kier alpha value is -3.68. The average Bonchev–Trinajstić information content (AvgIpc) is 3.17. The van der Waals surface area contributed by atoms with Gasteiger partial charge >= 0.3 is 0 Å².